The van der Waals surface area contributed by atoms with Crippen LogP contribution in [0.1, 0.15) is 18.4 Å². The monoisotopic (exact) mass is 246 g/mol. The van der Waals surface area contributed by atoms with Crippen LogP contribution in [0.3, 0.4) is 0 Å². The Bertz CT molecular complexity index is 508. The molecular formula is C12H10N2O4. The largest absolute Gasteiger partial charge is 0.382 e. The van der Waals surface area contributed by atoms with Gasteiger partial charge in [-0.2, -0.15) is 0 Å². The fraction of sp³-hybridized carbons (Fsp3) is 0.167. The molecule has 0 bridgehead atoms. The van der Waals surface area contributed by atoms with Gasteiger partial charge < -0.3 is 4.84 Å². The molecule has 0 radical (unpaired) electrons. The van der Waals surface area contributed by atoms with Gasteiger partial charge in [-0.3, -0.25) is 15.0 Å². The second-order valence-corrected chi connectivity index (χ2v) is 3.70. The molecule has 2 rings (SSSR count). The van der Waals surface area contributed by atoms with Gasteiger partial charge in [-0.1, -0.05) is 30.3 Å². The lowest BCUT2D eigenvalue weighted by molar-refractivity contribution is -0.192. The van der Waals surface area contributed by atoms with Gasteiger partial charge in [-0.15, -0.1) is 5.06 Å². The molecule has 0 atom stereocenters. The maximum absolute atomic E-state index is 11.6. The molecule has 1 aliphatic rings. The lowest BCUT2D eigenvalue weighted by atomic mass is 10.1. The predicted molar refractivity (Wildman–Crippen MR) is 60.4 cm³/mol. The van der Waals surface area contributed by atoms with E-state index in [1.807, 2.05) is 0 Å². The van der Waals surface area contributed by atoms with E-state index >= 15 is 0 Å². The Morgan fingerprint density at radius 1 is 1.11 bits per heavy atom. The summed E-state index contributed by atoms with van der Waals surface area (Å²) >= 11 is 0. The molecule has 0 spiro atoms. The van der Waals surface area contributed by atoms with Gasteiger partial charge in [-0.05, 0) is 0 Å². The molecule has 0 aromatic heterocycles. The third-order valence-corrected chi connectivity index (χ3v) is 2.45. The maximum Gasteiger partial charge on any atom is 0.382 e. The Labute approximate surface area is 103 Å². The first kappa shape index (κ1) is 12.0. The van der Waals surface area contributed by atoms with Crippen molar-refractivity contribution in [2.75, 3.05) is 0 Å². The molecule has 92 valence electrons. The molecule has 1 heterocycles. The molecule has 1 N–H and O–H groups in total. The lowest BCUT2D eigenvalue weighted by Gasteiger charge is -2.12. The second-order valence-electron chi connectivity index (χ2n) is 3.70. The van der Waals surface area contributed by atoms with Crippen molar-refractivity contribution >= 4 is 23.5 Å². The topological polar surface area (TPSA) is 87.5 Å². The molecule has 1 aliphatic heterocycles. The zero-order chi connectivity index (χ0) is 13.1. The van der Waals surface area contributed by atoms with E-state index in [1.165, 1.54) is 0 Å². The molecule has 6 nitrogen and oxygen atoms in total. The molecule has 0 aliphatic carbocycles. The van der Waals surface area contributed by atoms with Crippen molar-refractivity contribution in [3.63, 3.8) is 0 Å². The number of hydrogen-bond acceptors (Lipinski definition) is 5. The number of carbonyl (C=O) groups is 3. The standard InChI is InChI=1S/C12H10N2O4/c13-11(8-4-2-1-3-5-8)12(17)18-14-9(15)6-7-10(14)16/h1-5,13H,6-7H2. The SMILES string of the molecule is N=C(C(=O)ON1C(=O)CCC1=O)c1ccccc1. The number of rotatable bonds is 3. The van der Waals surface area contributed by atoms with Crippen LogP contribution >= 0.6 is 0 Å². The lowest BCUT2D eigenvalue weighted by Crippen LogP contribution is -2.34. The van der Waals surface area contributed by atoms with Crippen LogP contribution in [0.4, 0.5) is 0 Å². The van der Waals surface area contributed by atoms with Crippen molar-refractivity contribution in [2.45, 2.75) is 12.8 Å². The molecule has 1 aromatic carbocycles. The van der Waals surface area contributed by atoms with Crippen molar-refractivity contribution in [3.05, 3.63) is 35.9 Å². The fourth-order valence-electron chi connectivity index (χ4n) is 1.51. The van der Waals surface area contributed by atoms with Gasteiger partial charge in [0, 0.05) is 18.4 Å². The summed E-state index contributed by atoms with van der Waals surface area (Å²) < 4.78 is 0. The number of amides is 2. The van der Waals surface area contributed by atoms with E-state index in [4.69, 9.17) is 5.41 Å². The summed E-state index contributed by atoms with van der Waals surface area (Å²) in [6, 6.07) is 8.22. The normalized spacial score (nSPS) is 14.8. The van der Waals surface area contributed by atoms with Crippen molar-refractivity contribution in [1.29, 1.82) is 5.41 Å². The zero-order valence-electron chi connectivity index (χ0n) is 9.38. The molecule has 18 heavy (non-hydrogen) atoms. The van der Waals surface area contributed by atoms with Crippen LogP contribution < -0.4 is 0 Å². The Hall–Kier alpha value is -2.50. The van der Waals surface area contributed by atoms with Crippen LogP contribution in [0, 0.1) is 5.41 Å². The predicted octanol–water partition coefficient (Wildman–Crippen LogP) is 0.662. The molecule has 6 heteroatoms. The highest BCUT2D eigenvalue weighted by Gasteiger charge is 2.33. The second kappa shape index (κ2) is 4.79. The Kier molecular flexibility index (Phi) is 3.18. The van der Waals surface area contributed by atoms with Crippen LogP contribution in [-0.2, 0) is 19.2 Å². The smallest absolute Gasteiger partial charge is 0.323 e. The summed E-state index contributed by atoms with van der Waals surface area (Å²) in [4.78, 5) is 38.7. The summed E-state index contributed by atoms with van der Waals surface area (Å²) in [7, 11) is 0. The number of carbonyl (C=O) groups excluding carboxylic acids is 3. The van der Waals surface area contributed by atoms with E-state index in [1.54, 1.807) is 30.3 Å². The summed E-state index contributed by atoms with van der Waals surface area (Å²) in [5, 5.41) is 8.04. The number of nitrogens with one attached hydrogen (secondary N) is 1. The minimum Gasteiger partial charge on any atom is -0.323 e. The Morgan fingerprint density at radius 3 is 2.22 bits per heavy atom. The molecule has 0 saturated carbocycles. The molecule has 0 unspecified atom stereocenters. The quantitative estimate of drug-likeness (QED) is 0.627. The first-order valence-corrected chi connectivity index (χ1v) is 5.31. The fourth-order valence-corrected chi connectivity index (χ4v) is 1.51. The van der Waals surface area contributed by atoms with Crippen molar-refractivity contribution in [3.8, 4) is 0 Å². The van der Waals surface area contributed by atoms with E-state index < -0.39 is 23.5 Å². The minimum atomic E-state index is -1.02. The highest BCUT2D eigenvalue weighted by Crippen LogP contribution is 2.13. The van der Waals surface area contributed by atoms with Crippen LogP contribution in [0.25, 0.3) is 0 Å². The summed E-state index contributed by atoms with van der Waals surface area (Å²) in [5.74, 6) is -2.15. The first-order valence-electron chi connectivity index (χ1n) is 5.31. The van der Waals surface area contributed by atoms with E-state index in [2.05, 4.69) is 4.84 Å². The summed E-state index contributed by atoms with van der Waals surface area (Å²) in [5.41, 5.74) is -0.0373. The molecule has 1 aromatic rings. The number of hydrogen-bond donors (Lipinski definition) is 1. The zero-order valence-corrected chi connectivity index (χ0v) is 9.38. The third-order valence-electron chi connectivity index (χ3n) is 2.45. The van der Waals surface area contributed by atoms with E-state index in [-0.39, 0.29) is 12.8 Å². The van der Waals surface area contributed by atoms with E-state index in [0.717, 1.165) is 0 Å². The highest BCUT2D eigenvalue weighted by atomic mass is 16.7. The summed E-state index contributed by atoms with van der Waals surface area (Å²) in [6.07, 6.45) is 0.0650. The van der Waals surface area contributed by atoms with E-state index in [0.29, 0.717) is 10.6 Å². The molecule has 1 fully saturated rings. The van der Waals surface area contributed by atoms with E-state index in [9.17, 15) is 14.4 Å². The van der Waals surface area contributed by atoms with Crippen LogP contribution in [0.15, 0.2) is 30.3 Å². The third kappa shape index (κ3) is 2.27. The van der Waals surface area contributed by atoms with Crippen molar-refractivity contribution < 1.29 is 19.2 Å². The maximum atomic E-state index is 11.6. The number of benzene rings is 1. The van der Waals surface area contributed by atoms with Crippen molar-refractivity contribution in [2.24, 2.45) is 0 Å². The summed E-state index contributed by atoms with van der Waals surface area (Å²) in [6.45, 7) is 0. The highest BCUT2D eigenvalue weighted by molar-refractivity contribution is 6.42. The van der Waals surface area contributed by atoms with Crippen LogP contribution in [0.2, 0.25) is 0 Å². The van der Waals surface area contributed by atoms with Gasteiger partial charge in [0.25, 0.3) is 11.8 Å². The van der Waals surface area contributed by atoms with Gasteiger partial charge in [0.1, 0.15) is 5.71 Å². The minimum absolute atomic E-state index is 0.0325. The van der Waals surface area contributed by atoms with Gasteiger partial charge >= 0.3 is 5.97 Å². The number of imide groups is 1. The van der Waals surface area contributed by atoms with Gasteiger partial charge in [-0.25, -0.2) is 4.79 Å². The van der Waals surface area contributed by atoms with Crippen LogP contribution in [-0.4, -0.2) is 28.6 Å². The van der Waals surface area contributed by atoms with Crippen molar-refractivity contribution in [1.82, 2.24) is 5.06 Å². The van der Waals surface area contributed by atoms with Gasteiger partial charge in [0.2, 0.25) is 0 Å². The average molecular weight is 246 g/mol. The van der Waals surface area contributed by atoms with Crippen LogP contribution in [0.5, 0.6) is 0 Å². The first-order chi connectivity index (χ1) is 8.59. The molecule has 2 amide bonds. The molecular weight excluding hydrogens is 236 g/mol. The van der Waals surface area contributed by atoms with Gasteiger partial charge in [0.05, 0.1) is 0 Å². The Balaban J connectivity index is 2.07. The van der Waals surface area contributed by atoms with Gasteiger partial charge in [0.15, 0.2) is 0 Å². The average Bonchev–Trinajstić information content (AvgIpc) is 2.70. The Morgan fingerprint density at radius 2 is 1.67 bits per heavy atom. The molecule has 1 saturated heterocycles. The number of hydroxylamine groups is 2. The number of nitrogens with zero attached hydrogens (tertiary/aromatic N) is 1.